The van der Waals surface area contributed by atoms with Crippen LogP contribution in [0.15, 0.2) is 54.6 Å². The third-order valence-corrected chi connectivity index (χ3v) is 3.44. The lowest BCUT2D eigenvalue weighted by atomic mass is 10.1. The third kappa shape index (κ3) is 2.93. The summed E-state index contributed by atoms with van der Waals surface area (Å²) in [6, 6.07) is 17.3. The van der Waals surface area contributed by atoms with E-state index >= 15 is 0 Å². The SMILES string of the molecule is COc1ccc(Oc2nc(CCl)cc3ccccc23)cc1. The van der Waals surface area contributed by atoms with Crippen LogP contribution in [0.5, 0.6) is 17.4 Å². The maximum absolute atomic E-state index is 5.91. The van der Waals surface area contributed by atoms with E-state index < -0.39 is 0 Å². The number of aromatic nitrogens is 1. The number of hydrogen-bond donors (Lipinski definition) is 0. The summed E-state index contributed by atoms with van der Waals surface area (Å²) in [5.41, 5.74) is 0.791. The van der Waals surface area contributed by atoms with Crippen molar-refractivity contribution in [3.63, 3.8) is 0 Å². The Labute approximate surface area is 128 Å². The molecule has 0 unspecified atom stereocenters. The summed E-state index contributed by atoms with van der Waals surface area (Å²) in [7, 11) is 1.63. The molecule has 106 valence electrons. The lowest BCUT2D eigenvalue weighted by molar-refractivity contribution is 0.412. The molecule has 0 amide bonds. The van der Waals surface area contributed by atoms with Crippen molar-refractivity contribution in [3.05, 3.63) is 60.3 Å². The first-order valence-corrected chi connectivity index (χ1v) is 7.10. The number of rotatable bonds is 4. The van der Waals surface area contributed by atoms with Crippen LogP contribution in [0, 0.1) is 0 Å². The van der Waals surface area contributed by atoms with Crippen molar-refractivity contribution in [2.75, 3.05) is 7.11 Å². The minimum Gasteiger partial charge on any atom is -0.497 e. The van der Waals surface area contributed by atoms with Crippen LogP contribution in [0.3, 0.4) is 0 Å². The van der Waals surface area contributed by atoms with Crippen molar-refractivity contribution in [1.82, 2.24) is 4.98 Å². The molecule has 0 spiro atoms. The number of fused-ring (bicyclic) bond motifs is 1. The molecular weight excluding hydrogens is 286 g/mol. The van der Waals surface area contributed by atoms with E-state index in [-0.39, 0.29) is 0 Å². The normalized spacial score (nSPS) is 10.6. The number of benzene rings is 2. The zero-order chi connectivity index (χ0) is 14.7. The highest BCUT2D eigenvalue weighted by Crippen LogP contribution is 2.30. The maximum Gasteiger partial charge on any atom is 0.227 e. The quantitative estimate of drug-likeness (QED) is 0.650. The summed E-state index contributed by atoms with van der Waals surface area (Å²) in [4.78, 5) is 4.47. The molecule has 0 fully saturated rings. The van der Waals surface area contributed by atoms with E-state index in [4.69, 9.17) is 21.1 Å². The largest absolute Gasteiger partial charge is 0.497 e. The number of methoxy groups -OCH3 is 1. The minimum atomic E-state index is 0.351. The lowest BCUT2D eigenvalue weighted by Crippen LogP contribution is -1.94. The topological polar surface area (TPSA) is 31.4 Å². The van der Waals surface area contributed by atoms with Crippen molar-refractivity contribution >= 4 is 22.4 Å². The molecule has 1 aromatic heterocycles. The molecular formula is C17H14ClNO2. The molecule has 0 atom stereocenters. The maximum atomic E-state index is 5.91. The Hall–Kier alpha value is -2.26. The Morgan fingerprint density at radius 1 is 1.00 bits per heavy atom. The Kier molecular flexibility index (Phi) is 3.93. The molecule has 3 aromatic rings. The van der Waals surface area contributed by atoms with Crippen LogP contribution in [0.4, 0.5) is 0 Å². The van der Waals surface area contributed by atoms with Crippen LogP contribution in [0.1, 0.15) is 5.69 Å². The lowest BCUT2D eigenvalue weighted by Gasteiger charge is -2.10. The van der Waals surface area contributed by atoms with Gasteiger partial charge >= 0.3 is 0 Å². The van der Waals surface area contributed by atoms with Crippen molar-refractivity contribution in [3.8, 4) is 17.4 Å². The summed E-state index contributed by atoms with van der Waals surface area (Å²) in [5.74, 6) is 2.41. The molecule has 2 aromatic carbocycles. The van der Waals surface area contributed by atoms with Crippen LogP contribution in [0.25, 0.3) is 10.8 Å². The number of nitrogens with zero attached hydrogens (tertiary/aromatic N) is 1. The van der Waals surface area contributed by atoms with Gasteiger partial charge in [0.2, 0.25) is 5.88 Å². The van der Waals surface area contributed by atoms with Crippen LogP contribution < -0.4 is 9.47 Å². The minimum absolute atomic E-state index is 0.351. The van der Waals surface area contributed by atoms with Gasteiger partial charge in [-0.1, -0.05) is 18.2 Å². The van der Waals surface area contributed by atoms with E-state index in [1.165, 1.54) is 0 Å². The summed E-state index contributed by atoms with van der Waals surface area (Å²) < 4.78 is 11.0. The molecule has 0 N–H and O–H groups in total. The first-order valence-electron chi connectivity index (χ1n) is 6.56. The van der Waals surface area contributed by atoms with Crippen LogP contribution in [-0.4, -0.2) is 12.1 Å². The predicted molar refractivity (Wildman–Crippen MR) is 84.4 cm³/mol. The van der Waals surface area contributed by atoms with Gasteiger partial charge in [-0.25, -0.2) is 4.98 Å². The van der Waals surface area contributed by atoms with Crippen molar-refractivity contribution < 1.29 is 9.47 Å². The zero-order valence-electron chi connectivity index (χ0n) is 11.5. The summed E-state index contributed by atoms with van der Waals surface area (Å²) in [6.07, 6.45) is 0. The zero-order valence-corrected chi connectivity index (χ0v) is 12.3. The van der Waals surface area contributed by atoms with Crippen molar-refractivity contribution in [1.29, 1.82) is 0 Å². The van der Waals surface area contributed by atoms with Crippen LogP contribution >= 0.6 is 11.6 Å². The van der Waals surface area contributed by atoms with E-state index in [0.29, 0.717) is 17.5 Å². The van der Waals surface area contributed by atoms with Gasteiger partial charge in [0, 0.05) is 5.39 Å². The second kappa shape index (κ2) is 6.02. The second-order valence-corrected chi connectivity index (χ2v) is 4.82. The second-order valence-electron chi connectivity index (χ2n) is 4.55. The molecule has 21 heavy (non-hydrogen) atoms. The first-order chi connectivity index (χ1) is 10.3. The van der Waals surface area contributed by atoms with Crippen LogP contribution in [-0.2, 0) is 5.88 Å². The molecule has 0 aliphatic rings. The van der Waals surface area contributed by atoms with Crippen molar-refractivity contribution in [2.24, 2.45) is 0 Å². The van der Waals surface area contributed by atoms with Gasteiger partial charge in [-0.2, -0.15) is 0 Å². The molecule has 3 nitrogen and oxygen atoms in total. The summed E-state index contributed by atoms with van der Waals surface area (Å²) >= 11 is 5.91. The van der Waals surface area contributed by atoms with Gasteiger partial charge < -0.3 is 9.47 Å². The number of hydrogen-bond acceptors (Lipinski definition) is 3. The third-order valence-electron chi connectivity index (χ3n) is 3.17. The molecule has 0 saturated carbocycles. The average molecular weight is 300 g/mol. The predicted octanol–water partition coefficient (Wildman–Crippen LogP) is 4.77. The molecule has 1 heterocycles. The van der Waals surface area contributed by atoms with Crippen molar-refractivity contribution in [2.45, 2.75) is 5.88 Å². The average Bonchev–Trinajstić information content (AvgIpc) is 2.55. The molecule has 0 aliphatic carbocycles. The van der Waals surface area contributed by atoms with Gasteiger partial charge in [0.25, 0.3) is 0 Å². The Morgan fingerprint density at radius 2 is 1.71 bits per heavy atom. The first kappa shape index (κ1) is 13.7. The molecule has 0 saturated heterocycles. The number of ether oxygens (including phenoxy) is 2. The van der Waals surface area contributed by atoms with E-state index in [1.54, 1.807) is 7.11 Å². The van der Waals surface area contributed by atoms with Gasteiger partial charge in [0.1, 0.15) is 11.5 Å². The molecule has 0 radical (unpaired) electrons. The summed E-state index contributed by atoms with van der Waals surface area (Å²) in [5, 5.41) is 2.02. The highest BCUT2D eigenvalue weighted by atomic mass is 35.5. The Balaban J connectivity index is 2.01. The number of alkyl halides is 1. The molecule has 3 rings (SSSR count). The van der Waals surface area contributed by atoms with Gasteiger partial charge in [-0.3, -0.25) is 0 Å². The van der Waals surface area contributed by atoms with E-state index in [0.717, 1.165) is 22.2 Å². The van der Waals surface area contributed by atoms with E-state index in [1.807, 2.05) is 54.6 Å². The smallest absolute Gasteiger partial charge is 0.227 e. The van der Waals surface area contributed by atoms with Crippen LogP contribution in [0.2, 0.25) is 0 Å². The highest BCUT2D eigenvalue weighted by Gasteiger charge is 2.08. The van der Waals surface area contributed by atoms with E-state index in [9.17, 15) is 0 Å². The van der Waals surface area contributed by atoms with E-state index in [2.05, 4.69) is 4.98 Å². The van der Waals surface area contributed by atoms with Gasteiger partial charge in [-0.05, 0) is 41.8 Å². The summed E-state index contributed by atoms with van der Waals surface area (Å²) in [6.45, 7) is 0. The number of pyridine rings is 1. The molecule has 4 heteroatoms. The van der Waals surface area contributed by atoms with Gasteiger partial charge in [0.05, 0.1) is 18.7 Å². The molecule has 0 bridgehead atoms. The monoisotopic (exact) mass is 299 g/mol. The van der Waals surface area contributed by atoms with Gasteiger partial charge in [-0.15, -0.1) is 11.6 Å². The fraction of sp³-hybridized carbons (Fsp3) is 0.118. The molecule has 0 aliphatic heterocycles. The number of halogens is 1. The Bertz CT molecular complexity index is 756. The Morgan fingerprint density at radius 3 is 2.43 bits per heavy atom. The highest BCUT2D eigenvalue weighted by molar-refractivity contribution is 6.17. The fourth-order valence-corrected chi connectivity index (χ4v) is 2.26. The standard InChI is InChI=1S/C17H14ClNO2/c1-20-14-6-8-15(9-7-14)21-17-16-5-3-2-4-12(16)10-13(11-18)19-17/h2-10H,11H2,1H3. The van der Waals surface area contributed by atoms with Gasteiger partial charge in [0.15, 0.2) is 0 Å². The fourth-order valence-electron chi connectivity index (χ4n) is 2.12.